The van der Waals surface area contributed by atoms with Crippen molar-refractivity contribution in [1.82, 2.24) is 10.2 Å². The molecule has 1 aliphatic heterocycles. The Morgan fingerprint density at radius 3 is 2.36 bits per heavy atom. The van der Waals surface area contributed by atoms with E-state index in [0.29, 0.717) is 31.4 Å². The van der Waals surface area contributed by atoms with Crippen LogP contribution in [-0.4, -0.2) is 23.4 Å². The first-order valence-corrected chi connectivity index (χ1v) is 8.47. The van der Waals surface area contributed by atoms with E-state index in [1.54, 1.807) is 12.1 Å². The van der Waals surface area contributed by atoms with Gasteiger partial charge < -0.3 is 9.15 Å². The van der Waals surface area contributed by atoms with Crippen molar-refractivity contribution in [2.45, 2.75) is 24.7 Å². The summed E-state index contributed by atoms with van der Waals surface area (Å²) in [7, 11) is 0. The molecule has 0 aliphatic carbocycles. The van der Waals surface area contributed by atoms with Crippen molar-refractivity contribution in [2.24, 2.45) is 0 Å². The summed E-state index contributed by atoms with van der Waals surface area (Å²) in [5, 5.41) is 8.58. The highest BCUT2D eigenvalue weighted by Gasteiger charge is 2.41. The summed E-state index contributed by atoms with van der Waals surface area (Å²) >= 11 is 0. The van der Waals surface area contributed by atoms with Crippen LogP contribution in [0.5, 0.6) is 0 Å². The standard InChI is InChI=1S/C20H19FN2O2/c21-17-8-6-15(7-9-17)14-18-22-23-19(25-18)20(10-12-24-13-11-20)16-4-2-1-3-5-16/h1-9H,10-14H2. The van der Waals surface area contributed by atoms with Gasteiger partial charge >= 0.3 is 0 Å². The molecule has 1 aliphatic rings. The van der Waals surface area contributed by atoms with E-state index in [0.717, 1.165) is 18.4 Å². The first-order chi connectivity index (χ1) is 12.3. The van der Waals surface area contributed by atoms with E-state index in [9.17, 15) is 4.39 Å². The molecule has 0 atom stereocenters. The number of hydrogen-bond donors (Lipinski definition) is 0. The van der Waals surface area contributed by atoms with Gasteiger partial charge in [0.1, 0.15) is 5.82 Å². The van der Waals surface area contributed by atoms with Crippen LogP contribution in [0, 0.1) is 5.82 Å². The van der Waals surface area contributed by atoms with Crippen LogP contribution < -0.4 is 0 Å². The second kappa shape index (κ2) is 6.76. The lowest BCUT2D eigenvalue weighted by Crippen LogP contribution is -2.35. The Balaban J connectivity index is 1.65. The summed E-state index contributed by atoms with van der Waals surface area (Å²) < 4.78 is 24.6. The summed E-state index contributed by atoms with van der Waals surface area (Å²) in [5.74, 6) is 0.933. The molecule has 5 heteroatoms. The van der Waals surface area contributed by atoms with Crippen LogP contribution in [0.2, 0.25) is 0 Å². The molecule has 0 saturated carbocycles. The highest BCUT2D eigenvalue weighted by atomic mass is 19.1. The molecule has 2 heterocycles. The van der Waals surface area contributed by atoms with E-state index in [-0.39, 0.29) is 11.2 Å². The first kappa shape index (κ1) is 16.0. The number of rotatable bonds is 4. The van der Waals surface area contributed by atoms with Crippen molar-refractivity contribution < 1.29 is 13.5 Å². The van der Waals surface area contributed by atoms with Gasteiger partial charge in [0.15, 0.2) is 0 Å². The van der Waals surface area contributed by atoms with Gasteiger partial charge in [-0.15, -0.1) is 10.2 Å². The molecule has 4 nitrogen and oxygen atoms in total. The summed E-state index contributed by atoms with van der Waals surface area (Å²) in [6.07, 6.45) is 2.12. The van der Waals surface area contributed by atoms with Gasteiger partial charge in [-0.25, -0.2) is 4.39 Å². The average Bonchev–Trinajstić information content (AvgIpc) is 3.14. The lowest BCUT2D eigenvalue weighted by Gasteiger charge is -2.34. The van der Waals surface area contributed by atoms with Crippen molar-refractivity contribution in [2.75, 3.05) is 13.2 Å². The van der Waals surface area contributed by atoms with E-state index in [1.165, 1.54) is 17.7 Å². The van der Waals surface area contributed by atoms with Crippen LogP contribution in [0.3, 0.4) is 0 Å². The molecule has 0 unspecified atom stereocenters. The maximum Gasteiger partial charge on any atom is 0.227 e. The number of hydrogen-bond acceptors (Lipinski definition) is 4. The maximum atomic E-state index is 13.0. The largest absolute Gasteiger partial charge is 0.424 e. The van der Waals surface area contributed by atoms with Gasteiger partial charge in [-0.2, -0.15) is 0 Å². The van der Waals surface area contributed by atoms with Gasteiger partial charge in [0.25, 0.3) is 0 Å². The summed E-state index contributed by atoms with van der Waals surface area (Å²) in [5.41, 5.74) is 1.82. The molecule has 3 aromatic rings. The third-order valence-electron chi connectivity index (χ3n) is 4.82. The molecule has 0 bridgehead atoms. The molecule has 1 fully saturated rings. The van der Waals surface area contributed by atoms with Crippen molar-refractivity contribution in [3.8, 4) is 0 Å². The summed E-state index contributed by atoms with van der Waals surface area (Å²) in [6.45, 7) is 1.34. The zero-order valence-electron chi connectivity index (χ0n) is 13.8. The SMILES string of the molecule is Fc1ccc(Cc2nnc(C3(c4ccccc4)CCOCC3)o2)cc1. The van der Waals surface area contributed by atoms with E-state index in [4.69, 9.17) is 9.15 Å². The maximum absolute atomic E-state index is 13.0. The highest BCUT2D eigenvalue weighted by molar-refractivity contribution is 5.32. The number of ether oxygens (including phenoxy) is 1. The number of benzene rings is 2. The second-order valence-corrected chi connectivity index (χ2v) is 6.36. The molecule has 1 aromatic heterocycles. The normalized spacial score (nSPS) is 16.7. The Labute approximate surface area is 145 Å². The zero-order chi connectivity index (χ0) is 17.1. The van der Waals surface area contributed by atoms with Gasteiger partial charge in [-0.05, 0) is 36.1 Å². The van der Waals surface area contributed by atoms with Crippen LogP contribution in [0.15, 0.2) is 59.0 Å². The molecule has 128 valence electrons. The fraction of sp³-hybridized carbons (Fsp3) is 0.300. The lowest BCUT2D eigenvalue weighted by molar-refractivity contribution is 0.0541. The molecule has 0 amide bonds. The molecular formula is C20H19FN2O2. The molecule has 1 saturated heterocycles. The Bertz CT molecular complexity index is 824. The summed E-state index contributed by atoms with van der Waals surface area (Å²) in [6, 6.07) is 16.6. The Morgan fingerprint density at radius 1 is 0.920 bits per heavy atom. The van der Waals surface area contributed by atoms with Crippen LogP contribution in [-0.2, 0) is 16.6 Å². The predicted octanol–water partition coefficient (Wildman–Crippen LogP) is 3.90. The molecule has 0 N–H and O–H groups in total. The Kier molecular flexibility index (Phi) is 4.32. The average molecular weight is 338 g/mol. The van der Waals surface area contributed by atoms with E-state index < -0.39 is 0 Å². The topological polar surface area (TPSA) is 48.2 Å². The van der Waals surface area contributed by atoms with Gasteiger partial charge in [-0.3, -0.25) is 0 Å². The number of halogens is 1. The van der Waals surface area contributed by atoms with Gasteiger partial charge in [-0.1, -0.05) is 42.5 Å². The van der Waals surface area contributed by atoms with E-state index >= 15 is 0 Å². The van der Waals surface area contributed by atoms with Gasteiger partial charge in [0, 0.05) is 13.2 Å². The minimum Gasteiger partial charge on any atom is -0.424 e. The van der Waals surface area contributed by atoms with Crippen LogP contribution >= 0.6 is 0 Å². The van der Waals surface area contributed by atoms with Crippen molar-refractivity contribution in [3.05, 3.63) is 83.3 Å². The molecule has 25 heavy (non-hydrogen) atoms. The molecule has 0 radical (unpaired) electrons. The van der Waals surface area contributed by atoms with E-state index in [1.807, 2.05) is 18.2 Å². The zero-order valence-corrected chi connectivity index (χ0v) is 13.8. The van der Waals surface area contributed by atoms with E-state index in [2.05, 4.69) is 22.3 Å². The minimum atomic E-state index is -0.298. The predicted molar refractivity (Wildman–Crippen MR) is 90.8 cm³/mol. The monoisotopic (exact) mass is 338 g/mol. The molecule has 0 spiro atoms. The van der Waals surface area contributed by atoms with Crippen molar-refractivity contribution >= 4 is 0 Å². The first-order valence-electron chi connectivity index (χ1n) is 8.47. The highest BCUT2D eigenvalue weighted by Crippen LogP contribution is 2.40. The van der Waals surface area contributed by atoms with Gasteiger partial charge in [0.2, 0.25) is 11.8 Å². The minimum absolute atomic E-state index is 0.250. The van der Waals surface area contributed by atoms with Gasteiger partial charge in [0.05, 0.1) is 11.8 Å². The molecular weight excluding hydrogens is 319 g/mol. The second-order valence-electron chi connectivity index (χ2n) is 6.36. The molecule has 4 rings (SSSR count). The Hall–Kier alpha value is -2.53. The number of nitrogens with zero attached hydrogens (tertiary/aromatic N) is 2. The Morgan fingerprint density at radius 2 is 1.64 bits per heavy atom. The van der Waals surface area contributed by atoms with Crippen LogP contribution in [0.4, 0.5) is 4.39 Å². The fourth-order valence-electron chi connectivity index (χ4n) is 3.40. The van der Waals surface area contributed by atoms with Crippen molar-refractivity contribution in [3.63, 3.8) is 0 Å². The van der Waals surface area contributed by atoms with Crippen LogP contribution in [0.1, 0.15) is 35.7 Å². The number of aromatic nitrogens is 2. The van der Waals surface area contributed by atoms with Crippen molar-refractivity contribution in [1.29, 1.82) is 0 Å². The fourth-order valence-corrected chi connectivity index (χ4v) is 3.40. The third kappa shape index (κ3) is 3.20. The third-order valence-corrected chi connectivity index (χ3v) is 4.82. The quantitative estimate of drug-likeness (QED) is 0.724. The lowest BCUT2D eigenvalue weighted by atomic mass is 9.74. The summed E-state index contributed by atoms with van der Waals surface area (Å²) in [4.78, 5) is 0. The van der Waals surface area contributed by atoms with Crippen LogP contribution in [0.25, 0.3) is 0 Å². The molecule has 2 aromatic carbocycles. The smallest absolute Gasteiger partial charge is 0.227 e.